The van der Waals surface area contributed by atoms with Gasteiger partial charge in [0.1, 0.15) is 30.5 Å². The molecule has 11 heteroatoms. The summed E-state index contributed by atoms with van der Waals surface area (Å²) in [5.74, 6) is 0. The fourth-order valence-electron chi connectivity index (χ4n) is 7.43. The molecule has 0 saturated carbocycles. The summed E-state index contributed by atoms with van der Waals surface area (Å²) in [5.41, 5.74) is 5.52. The van der Waals surface area contributed by atoms with Gasteiger partial charge in [0, 0.05) is 19.1 Å². The average molecular weight is 802 g/mol. The molecule has 59 heavy (non-hydrogen) atoms. The maximum atomic E-state index is 6.88. The van der Waals surface area contributed by atoms with Crippen LogP contribution < -0.4 is 0 Å². The molecule has 308 valence electrons. The van der Waals surface area contributed by atoms with Crippen LogP contribution in [0.5, 0.6) is 0 Å². The molecular weight excluding hydrogens is 751 g/mol. The molecule has 3 fully saturated rings. The van der Waals surface area contributed by atoms with Gasteiger partial charge in [0.05, 0.1) is 45.4 Å². The van der Waals surface area contributed by atoms with Gasteiger partial charge >= 0.3 is 0 Å². The van der Waals surface area contributed by atoms with Gasteiger partial charge in [-0.25, -0.2) is 0 Å². The lowest BCUT2D eigenvalue weighted by Crippen LogP contribution is -2.61. The van der Waals surface area contributed by atoms with Gasteiger partial charge < -0.3 is 47.5 Å². The Kier molecular flexibility index (Phi) is 14.5. The fraction of sp³-hybridized carbons (Fsp3) is 0.354. The molecule has 3 saturated heterocycles. The SMILES string of the molecule is CO[C@@H]1CC(=NO[C@@H]2O[C@H](COCc3ccccc3)[C@@H](OCc3ccccc3)[C@H](OCc3ccccc3)[C@H]2OCc2ccccc2)[C@@H]2O[C@H](c3ccccc3)OC[C@H]2O1. The second-order valence-electron chi connectivity index (χ2n) is 14.7. The van der Waals surface area contributed by atoms with Crippen LogP contribution >= 0.6 is 0 Å². The van der Waals surface area contributed by atoms with Crippen molar-refractivity contribution in [1.82, 2.24) is 0 Å². The number of benzene rings is 5. The Morgan fingerprint density at radius 1 is 0.559 bits per heavy atom. The molecule has 0 N–H and O–H groups in total. The summed E-state index contributed by atoms with van der Waals surface area (Å²) in [4.78, 5) is 6.51. The van der Waals surface area contributed by atoms with Crippen molar-refractivity contribution in [3.8, 4) is 0 Å². The molecule has 0 radical (unpaired) electrons. The number of ether oxygens (including phenoxy) is 9. The van der Waals surface area contributed by atoms with Crippen LogP contribution in [0.4, 0.5) is 0 Å². The largest absolute Gasteiger partial charge is 0.374 e. The lowest BCUT2D eigenvalue weighted by atomic mass is 9.97. The van der Waals surface area contributed by atoms with E-state index in [9.17, 15) is 0 Å². The highest BCUT2D eigenvalue weighted by Crippen LogP contribution is 2.35. The number of methoxy groups -OCH3 is 1. The molecule has 11 nitrogen and oxygen atoms in total. The predicted octanol–water partition coefficient (Wildman–Crippen LogP) is 7.93. The first kappa shape index (κ1) is 41.0. The van der Waals surface area contributed by atoms with Gasteiger partial charge in [-0.1, -0.05) is 157 Å². The van der Waals surface area contributed by atoms with Gasteiger partial charge in [-0.2, -0.15) is 0 Å². The molecule has 0 aromatic heterocycles. The highest BCUT2D eigenvalue weighted by molar-refractivity contribution is 5.90. The summed E-state index contributed by atoms with van der Waals surface area (Å²) < 4.78 is 58.2. The van der Waals surface area contributed by atoms with Gasteiger partial charge in [-0.05, 0) is 22.3 Å². The Morgan fingerprint density at radius 3 is 1.63 bits per heavy atom. The van der Waals surface area contributed by atoms with Crippen LogP contribution in [-0.2, 0) is 73.9 Å². The van der Waals surface area contributed by atoms with Crippen molar-refractivity contribution in [3.05, 3.63) is 179 Å². The van der Waals surface area contributed by atoms with Gasteiger partial charge in [0.15, 0.2) is 18.7 Å². The fourth-order valence-corrected chi connectivity index (χ4v) is 7.43. The van der Waals surface area contributed by atoms with Crippen molar-refractivity contribution in [1.29, 1.82) is 0 Å². The second-order valence-corrected chi connectivity index (χ2v) is 14.7. The molecule has 5 aromatic carbocycles. The molecular formula is C48H51NO10. The summed E-state index contributed by atoms with van der Waals surface area (Å²) in [6, 6.07) is 49.9. The predicted molar refractivity (Wildman–Crippen MR) is 219 cm³/mol. The van der Waals surface area contributed by atoms with Crippen molar-refractivity contribution in [2.24, 2.45) is 5.16 Å². The first-order valence-electron chi connectivity index (χ1n) is 20.2. The van der Waals surface area contributed by atoms with Crippen molar-refractivity contribution in [2.75, 3.05) is 20.3 Å². The van der Waals surface area contributed by atoms with E-state index in [1.165, 1.54) is 0 Å². The minimum Gasteiger partial charge on any atom is -0.374 e. The minimum atomic E-state index is -1.04. The van der Waals surface area contributed by atoms with Gasteiger partial charge in [-0.15, -0.1) is 0 Å². The standard InChI is InChI=1S/C48H51NO10/c1-50-42-27-39(43-41(56-42)33-55-47(58-43)38-25-15-6-16-26-38)49-59-48-46(54-31-37-23-13-5-14-24-37)45(53-30-36-21-11-4-12-22-36)44(52-29-35-19-9-3-10-20-35)40(57-48)32-51-28-34-17-7-2-8-18-34/h2-26,40-48H,27-33H2,1H3/t40-,41-,42+,43+,44-,45+,46-,47-,48+/m1/s1. The van der Waals surface area contributed by atoms with E-state index >= 15 is 0 Å². The van der Waals surface area contributed by atoms with Gasteiger partial charge in [-0.3, -0.25) is 0 Å². The van der Waals surface area contributed by atoms with E-state index in [0.717, 1.165) is 27.8 Å². The van der Waals surface area contributed by atoms with Crippen LogP contribution in [0.15, 0.2) is 157 Å². The highest BCUT2D eigenvalue weighted by Gasteiger charge is 2.51. The van der Waals surface area contributed by atoms with Crippen LogP contribution in [0.25, 0.3) is 0 Å². The Balaban J connectivity index is 1.12. The molecule has 0 bridgehead atoms. The second kappa shape index (κ2) is 20.9. The summed E-state index contributed by atoms with van der Waals surface area (Å²) >= 11 is 0. The third-order valence-electron chi connectivity index (χ3n) is 10.5. The van der Waals surface area contributed by atoms with Crippen LogP contribution in [0.3, 0.4) is 0 Å². The smallest absolute Gasteiger partial charge is 0.256 e. The monoisotopic (exact) mass is 801 g/mol. The lowest BCUT2D eigenvalue weighted by molar-refractivity contribution is -0.329. The number of nitrogens with zero attached hydrogens (tertiary/aromatic N) is 1. The highest BCUT2D eigenvalue weighted by atomic mass is 16.8. The normalized spacial score (nSPS) is 27.5. The minimum absolute atomic E-state index is 0.185. The van der Waals surface area contributed by atoms with Crippen molar-refractivity contribution in [3.63, 3.8) is 0 Å². The zero-order valence-electron chi connectivity index (χ0n) is 33.1. The van der Waals surface area contributed by atoms with Crippen LogP contribution in [-0.4, -0.2) is 75.2 Å². The van der Waals surface area contributed by atoms with Crippen molar-refractivity contribution >= 4 is 5.71 Å². The van der Waals surface area contributed by atoms with E-state index in [-0.39, 0.29) is 19.8 Å². The topological polar surface area (TPSA) is 105 Å². The number of rotatable bonds is 17. The van der Waals surface area contributed by atoms with Crippen LogP contribution in [0.2, 0.25) is 0 Å². The molecule has 0 amide bonds. The molecule has 0 aliphatic carbocycles. The third-order valence-corrected chi connectivity index (χ3v) is 10.5. The molecule has 9 atom stereocenters. The average Bonchev–Trinajstić information content (AvgIpc) is 3.30. The quantitative estimate of drug-likeness (QED) is 0.0862. The molecule has 0 unspecified atom stereocenters. The first-order chi connectivity index (χ1) is 29.2. The molecule has 8 rings (SSSR count). The summed E-state index contributed by atoms with van der Waals surface area (Å²) in [7, 11) is 1.60. The number of oxime groups is 1. The molecule has 5 aromatic rings. The van der Waals surface area contributed by atoms with Crippen molar-refractivity contribution < 1.29 is 47.5 Å². The van der Waals surface area contributed by atoms with Crippen molar-refractivity contribution in [2.45, 2.75) is 88.3 Å². The Bertz CT molecular complexity index is 1990. The molecule has 0 spiro atoms. The maximum Gasteiger partial charge on any atom is 0.256 e. The van der Waals surface area contributed by atoms with E-state index in [0.29, 0.717) is 32.0 Å². The first-order valence-corrected chi connectivity index (χ1v) is 20.2. The third kappa shape index (κ3) is 11.1. The Morgan fingerprint density at radius 2 is 1.07 bits per heavy atom. The van der Waals surface area contributed by atoms with E-state index < -0.39 is 55.5 Å². The molecule has 3 heterocycles. The maximum absolute atomic E-state index is 6.88. The lowest BCUT2D eigenvalue weighted by Gasteiger charge is -2.45. The number of fused-ring (bicyclic) bond motifs is 1. The zero-order chi connectivity index (χ0) is 40.1. The number of hydrogen-bond acceptors (Lipinski definition) is 11. The number of hydrogen-bond donors (Lipinski definition) is 0. The van der Waals surface area contributed by atoms with Gasteiger partial charge in [0.2, 0.25) is 0 Å². The molecule has 3 aliphatic heterocycles. The zero-order valence-corrected chi connectivity index (χ0v) is 33.1. The Labute approximate surface area is 345 Å². The summed E-state index contributed by atoms with van der Waals surface area (Å²) in [5, 5.41) is 4.79. The Hall–Kier alpha value is -4.79. The molecule has 3 aliphatic rings. The van der Waals surface area contributed by atoms with E-state index in [1.807, 2.05) is 152 Å². The van der Waals surface area contributed by atoms with E-state index in [1.54, 1.807) is 7.11 Å². The van der Waals surface area contributed by atoms with E-state index in [2.05, 4.69) is 0 Å². The summed E-state index contributed by atoms with van der Waals surface area (Å²) in [6.45, 7) is 1.73. The summed E-state index contributed by atoms with van der Waals surface area (Å²) in [6.07, 6.45) is -5.69. The van der Waals surface area contributed by atoms with E-state index in [4.69, 9.17) is 52.6 Å². The van der Waals surface area contributed by atoms with Crippen LogP contribution in [0, 0.1) is 0 Å². The van der Waals surface area contributed by atoms with Crippen LogP contribution in [0.1, 0.15) is 40.5 Å². The van der Waals surface area contributed by atoms with Gasteiger partial charge in [0.25, 0.3) is 6.29 Å².